The van der Waals surface area contributed by atoms with E-state index in [4.69, 9.17) is 4.74 Å². The summed E-state index contributed by atoms with van der Waals surface area (Å²) in [6.45, 7) is 1.84. The molecule has 0 aromatic heterocycles. The molecule has 1 amide bonds. The molecule has 1 aromatic carbocycles. The zero-order chi connectivity index (χ0) is 26.2. The molecule has 3 atom stereocenters. The molecule has 10 heteroatoms. The van der Waals surface area contributed by atoms with Crippen LogP contribution in [0.3, 0.4) is 0 Å². The van der Waals surface area contributed by atoms with E-state index in [1.165, 1.54) is 6.92 Å². The zero-order valence-corrected chi connectivity index (χ0v) is 19.6. The minimum Gasteiger partial charge on any atom is -0.439 e. The van der Waals surface area contributed by atoms with Crippen LogP contribution in [0, 0.1) is 12.0 Å². The summed E-state index contributed by atoms with van der Waals surface area (Å²) in [6.07, 6.45) is 1.67. The Labute approximate surface area is 205 Å². The molecule has 1 aliphatic carbocycles. The average Bonchev–Trinajstić information content (AvgIpc) is 3.20. The Morgan fingerprint density at radius 1 is 1.00 bits per heavy atom. The lowest BCUT2D eigenvalue weighted by atomic mass is 9.74. The van der Waals surface area contributed by atoms with Crippen molar-refractivity contribution in [1.82, 2.24) is 10.6 Å². The summed E-state index contributed by atoms with van der Waals surface area (Å²) in [5.41, 5.74) is -3.30. The van der Waals surface area contributed by atoms with Crippen LogP contribution < -0.4 is 10.6 Å². The zero-order valence-electron chi connectivity index (χ0n) is 19.6. The fourth-order valence-electron chi connectivity index (χ4n) is 4.86. The largest absolute Gasteiger partial charge is 0.439 e. The smallest absolute Gasteiger partial charge is 0.416 e. The molecule has 2 heterocycles. The van der Waals surface area contributed by atoms with E-state index in [2.05, 4.69) is 28.7 Å². The summed E-state index contributed by atoms with van der Waals surface area (Å²) in [5.74, 6) is 3.06. The average molecular weight is 512 g/mol. The predicted octanol–water partition coefficient (Wildman–Crippen LogP) is 5.81. The van der Waals surface area contributed by atoms with Gasteiger partial charge in [0.05, 0.1) is 16.7 Å². The van der Waals surface area contributed by atoms with Gasteiger partial charge in [0.25, 0.3) is 0 Å². The Balaban J connectivity index is 1.58. The SMILES string of the molecule is C[C@@H](OC#C[C@@]1(C2=CCCC=C2)CC[C@]2(CCC(=O)N2)CN1)c1cc(C(F)(F)F)cc(C(F)(F)F)c1. The van der Waals surface area contributed by atoms with Crippen LogP contribution in [0.5, 0.6) is 0 Å². The molecular formula is C26H26F6N2O2. The minimum atomic E-state index is -4.94. The Morgan fingerprint density at radius 2 is 1.69 bits per heavy atom. The van der Waals surface area contributed by atoms with Gasteiger partial charge in [0, 0.05) is 13.0 Å². The maximum atomic E-state index is 13.2. The highest BCUT2D eigenvalue weighted by Crippen LogP contribution is 2.39. The van der Waals surface area contributed by atoms with Crippen LogP contribution in [0.4, 0.5) is 26.3 Å². The summed E-state index contributed by atoms with van der Waals surface area (Å²) in [7, 11) is 0. The first-order valence-corrected chi connectivity index (χ1v) is 11.7. The first-order valence-electron chi connectivity index (χ1n) is 11.7. The highest BCUT2D eigenvalue weighted by Gasteiger charge is 2.46. The topological polar surface area (TPSA) is 50.4 Å². The molecule has 4 rings (SSSR count). The summed E-state index contributed by atoms with van der Waals surface area (Å²) in [6, 6.07) is 1.38. The molecule has 2 fully saturated rings. The Kier molecular flexibility index (Phi) is 6.90. The van der Waals surface area contributed by atoms with Crippen LogP contribution in [0.25, 0.3) is 0 Å². The van der Waals surface area contributed by atoms with Crippen molar-refractivity contribution >= 4 is 5.91 Å². The summed E-state index contributed by atoms with van der Waals surface area (Å²) >= 11 is 0. The van der Waals surface area contributed by atoms with E-state index in [9.17, 15) is 31.1 Å². The van der Waals surface area contributed by atoms with Crippen molar-refractivity contribution in [1.29, 1.82) is 0 Å². The number of amides is 1. The predicted molar refractivity (Wildman–Crippen MR) is 120 cm³/mol. The van der Waals surface area contributed by atoms with Crippen molar-refractivity contribution in [3.8, 4) is 12.0 Å². The van der Waals surface area contributed by atoms with Gasteiger partial charge < -0.3 is 10.1 Å². The molecule has 194 valence electrons. The normalized spacial score (nSPS) is 27.2. The number of halogens is 6. The highest BCUT2D eigenvalue weighted by molar-refractivity contribution is 5.79. The van der Waals surface area contributed by atoms with Crippen molar-refractivity contribution in [2.24, 2.45) is 0 Å². The van der Waals surface area contributed by atoms with Crippen molar-refractivity contribution in [3.63, 3.8) is 0 Å². The number of alkyl halides is 6. The Hall–Kier alpha value is -2.93. The molecule has 1 spiro atoms. The molecule has 2 saturated heterocycles. The lowest BCUT2D eigenvalue weighted by molar-refractivity contribution is -0.143. The molecule has 2 N–H and O–H groups in total. The standard InChI is InChI=1S/C26H26F6N2O2/c1-17(18-13-20(25(27,28)29)15-21(14-18)26(30,31)32)36-12-11-24(19-5-3-2-4-6-19)10-9-23(16-33-24)8-7-22(35)34-23/h3,5-6,13-15,17,33H,2,4,7-10,16H2,1H3,(H,34,35)/t17-,23-,24-/m1/s1. The summed E-state index contributed by atoms with van der Waals surface area (Å²) in [5, 5.41) is 6.48. The van der Waals surface area contributed by atoms with E-state index in [1.807, 2.05) is 12.2 Å². The molecule has 1 aromatic rings. The van der Waals surface area contributed by atoms with Gasteiger partial charge in [0.1, 0.15) is 17.7 Å². The van der Waals surface area contributed by atoms with E-state index in [1.54, 1.807) is 0 Å². The minimum absolute atomic E-state index is 0.00336. The number of allylic oxidation sites excluding steroid dienone is 2. The number of hydrogen-bond acceptors (Lipinski definition) is 3. The van der Waals surface area contributed by atoms with Crippen LogP contribution in [0.2, 0.25) is 0 Å². The number of hydrogen-bond donors (Lipinski definition) is 2. The van der Waals surface area contributed by atoms with E-state index in [0.29, 0.717) is 44.4 Å². The van der Waals surface area contributed by atoms with Gasteiger partial charge in [-0.3, -0.25) is 10.1 Å². The second kappa shape index (κ2) is 9.51. The van der Waals surface area contributed by atoms with Crippen molar-refractivity contribution in [2.75, 3.05) is 6.54 Å². The molecule has 3 aliphatic rings. The molecule has 0 unspecified atom stereocenters. The summed E-state index contributed by atoms with van der Waals surface area (Å²) in [4.78, 5) is 11.8. The maximum Gasteiger partial charge on any atom is 0.416 e. The van der Waals surface area contributed by atoms with Crippen LogP contribution in [0.15, 0.2) is 42.0 Å². The van der Waals surface area contributed by atoms with Gasteiger partial charge in [0.2, 0.25) is 5.91 Å². The van der Waals surface area contributed by atoms with Crippen molar-refractivity contribution < 1.29 is 35.9 Å². The third-order valence-corrected chi connectivity index (χ3v) is 7.01. The van der Waals surface area contributed by atoms with E-state index < -0.39 is 35.1 Å². The fraction of sp³-hybridized carbons (Fsp3) is 0.500. The van der Waals surface area contributed by atoms with Gasteiger partial charge in [-0.2, -0.15) is 26.3 Å². The molecule has 0 radical (unpaired) electrons. The quantitative estimate of drug-likeness (QED) is 0.397. The summed E-state index contributed by atoms with van der Waals surface area (Å²) < 4.78 is 84.8. The van der Waals surface area contributed by atoms with E-state index in [0.717, 1.165) is 18.4 Å². The highest BCUT2D eigenvalue weighted by atomic mass is 19.4. The molecule has 4 nitrogen and oxygen atoms in total. The molecule has 0 saturated carbocycles. The Morgan fingerprint density at radius 3 is 2.19 bits per heavy atom. The third kappa shape index (κ3) is 5.56. The number of carbonyl (C=O) groups is 1. The first kappa shape index (κ1) is 26.1. The van der Waals surface area contributed by atoms with Gasteiger partial charge >= 0.3 is 12.4 Å². The van der Waals surface area contributed by atoms with Gasteiger partial charge in [-0.15, -0.1) is 0 Å². The molecule has 36 heavy (non-hydrogen) atoms. The lowest BCUT2D eigenvalue weighted by Gasteiger charge is -2.44. The van der Waals surface area contributed by atoms with Crippen molar-refractivity contribution in [3.05, 3.63) is 58.7 Å². The van der Waals surface area contributed by atoms with Gasteiger partial charge in [0.15, 0.2) is 0 Å². The molecular weight excluding hydrogens is 486 g/mol. The number of carbonyl (C=O) groups excluding carboxylic acids is 1. The third-order valence-electron chi connectivity index (χ3n) is 7.01. The number of piperidine rings is 1. The van der Waals surface area contributed by atoms with Crippen molar-refractivity contribution in [2.45, 2.75) is 75.0 Å². The second-order valence-electron chi connectivity index (χ2n) is 9.55. The number of nitrogens with one attached hydrogen (secondary N) is 2. The van der Waals surface area contributed by atoms with Gasteiger partial charge in [-0.05, 0) is 74.3 Å². The maximum absolute atomic E-state index is 13.2. The molecule has 0 bridgehead atoms. The molecule has 2 aliphatic heterocycles. The van der Waals surface area contributed by atoms with Gasteiger partial charge in [-0.1, -0.05) is 18.2 Å². The number of benzene rings is 1. The fourth-order valence-corrected chi connectivity index (χ4v) is 4.86. The Bertz CT molecular complexity index is 1100. The van der Waals surface area contributed by atoms with Crippen LogP contribution in [0.1, 0.15) is 68.2 Å². The van der Waals surface area contributed by atoms with Crippen LogP contribution in [-0.4, -0.2) is 23.5 Å². The van der Waals surface area contributed by atoms with Gasteiger partial charge in [-0.25, -0.2) is 0 Å². The second-order valence-corrected chi connectivity index (χ2v) is 9.55. The first-order chi connectivity index (χ1) is 16.8. The lowest BCUT2D eigenvalue weighted by Crippen LogP contribution is -2.61. The monoisotopic (exact) mass is 512 g/mol. The number of ether oxygens (including phenoxy) is 1. The van der Waals surface area contributed by atoms with Crippen LogP contribution >= 0.6 is 0 Å². The van der Waals surface area contributed by atoms with E-state index in [-0.39, 0.29) is 23.1 Å². The van der Waals surface area contributed by atoms with E-state index >= 15 is 0 Å². The number of rotatable bonds is 3. The van der Waals surface area contributed by atoms with Crippen LogP contribution in [-0.2, 0) is 21.9 Å².